The molecule has 0 aliphatic rings. The summed E-state index contributed by atoms with van der Waals surface area (Å²) in [6.07, 6.45) is 5.29. The molecule has 0 aliphatic carbocycles. The van der Waals surface area contributed by atoms with Gasteiger partial charge in [-0.1, -0.05) is 32.6 Å². The van der Waals surface area contributed by atoms with Gasteiger partial charge in [0.2, 0.25) is 5.82 Å². The lowest BCUT2D eigenvalue weighted by atomic mass is 10.1. The molecule has 0 radical (unpaired) electrons. The standard InChI is InChI=1S/C13H18F2N2O2/c1-2-3-4-5-6-7-16-12-9-13(17(18)19)11(15)8-10(12)14/h8-9,16H,2-7H2,1H3. The molecular formula is C13H18F2N2O2. The second-order valence-electron chi connectivity index (χ2n) is 4.38. The van der Waals surface area contributed by atoms with E-state index in [1.165, 1.54) is 0 Å². The van der Waals surface area contributed by atoms with Gasteiger partial charge in [0.25, 0.3) is 0 Å². The lowest BCUT2D eigenvalue weighted by molar-refractivity contribution is -0.387. The number of hydrogen-bond acceptors (Lipinski definition) is 3. The number of anilines is 1. The van der Waals surface area contributed by atoms with Crippen molar-refractivity contribution in [3.8, 4) is 0 Å². The summed E-state index contributed by atoms with van der Waals surface area (Å²) in [6, 6.07) is 1.44. The van der Waals surface area contributed by atoms with E-state index in [4.69, 9.17) is 0 Å². The minimum atomic E-state index is -1.16. The number of nitro benzene ring substituents is 1. The maximum Gasteiger partial charge on any atom is 0.307 e. The molecule has 1 aromatic carbocycles. The first kappa shape index (κ1) is 15.3. The van der Waals surface area contributed by atoms with E-state index in [-0.39, 0.29) is 5.69 Å². The highest BCUT2D eigenvalue weighted by Crippen LogP contribution is 2.25. The van der Waals surface area contributed by atoms with Gasteiger partial charge >= 0.3 is 5.69 Å². The third kappa shape index (κ3) is 4.81. The summed E-state index contributed by atoms with van der Waals surface area (Å²) in [5.41, 5.74) is -0.738. The maximum atomic E-state index is 13.4. The third-order valence-corrected chi connectivity index (χ3v) is 2.83. The van der Waals surface area contributed by atoms with Crippen LogP contribution in [0.5, 0.6) is 0 Å². The van der Waals surface area contributed by atoms with Crippen LogP contribution in [0.25, 0.3) is 0 Å². The monoisotopic (exact) mass is 272 g/mol. The van der Waals surface area contributed by atoms with Gasteiger partial charge in [-0.05, 0) is 6.42 Å². The van der Waals surface area contributed by atoms with Crippen molar-refractivity contribution in [3.63, 3.8) is 0 Å². The van der Waals surface area contributed by atoms with Crippen molar-refractivity contribution in [1.29, 1.82) is 0 Å². The van der Waals surface area contributed by atoms with Crippen LogP contribution in [0.1, 0.15) is 39.0 Å². The third-order valence-electron chi connectivity index (χ3n) is 2.83. The van der Waals surface area contributed by atoms with Crippen LogP contribution >= 0.6 is 0 Å². The molecule has 0 bridgehead atoms. The largest absolute Gasteiger partial charge is 0.382 e. The van der Waals surface area contributed by atoms with Crippen LogP contribution in [0, 0.1) is 21.7 Å². The van der Waals surface area contributed by atoms with Crippen LogP contribution in [0.4, 0.5) is 20.2 Å². The number of nitro groups is 1. The predicted molar refractivity (Wildman–Crippen MR) is 70.3 cm³/mol. The van der Waals surface area contributed by atoms with Crippen molar-refractivity contribution in [2.45, 2.75) is 39.0 Å². The summed E-state index contributed by atoms with van der Waals surface area (Å²) in [4.78, 5) is 9.69. The number of nitrogens with zero attached hydrogens (tertiary/aromatic N) is 1. The highest BCUT2D eigenvalue weighted by Gasteiger charge is 2.18. The summed E-state index contributed by atoms with van der Waals surface area (Å²) >= 11 is 0. The van der Waals surface area contributed by atoms with E-state index >= 15 is 0 Å². The zero-order valence-corrected chi connectivity index (χ0v) is 10.9. The molecule has 0 fully saturated rings. The fraction of sp³-hybridized carbons (Fsp3) is 0.538. The number of benzene rings is 1. The molecule has 19 heavy (non-hydrogen) atoms. The van der Waals surface area contributed by atoms with E-state index in [1.807, 2.05) is 0 Å². The van der Waals surface area contributed by atoms with E-state index in [1.54, 1.807) is 0 Å². The van der Waals surface area contributed by atoms with Gasteiger partial charge in [-0.25, -0.2) is 4.39 Å². The first-order valence-electron chi connectivity index (χ1n) is 6.43. The number of unbranched alkanes of at least 4 members (excludes halogenated alkanes) is 4. The molecule has 0 saturated carbocycles. The normalized spacial score (nSPS) is 10.5. The molecule has 6 heteroatoms. The molecule has 0 amide bonds. The Bertz CT molecular complexity index is 439. The van der Waals surface area contributed by atoms with E-state index in [9.17, 15) is 18.9 Å². The van der Waals surface area contributed by atoms with Gasteiger partial charge in [-0.3, -0.25) is 10.1 Å². The Morgan fingerprint density at radius 1 is 1.16 bits per heavy atom. The minimum Gasteiger partial charge on any atom is -0.382 e. The number of rotatable bonds is 8. The molecule has 1 aromatic rings. The van der Waals surface area contributed by atoms with Crippen LogP contribution in [0.15, 0.2) is 12.1 Å². The van der Waals surface area contributed by atoms with Crippen molar-refractivity contribution in [3.05, 3.63) is 33.9 Å². The zero-order valence-electron chi connectivity index (χ0n) is 10.9. The van der Waals surface area contributed by atoms with E-state index in [2.05, 4.69) is 12.2 Å². The van der Waals surface area contributed by atoms with Gasteiger partial charge in [0, 0.05) is 18.7 Å². The minimum absolute atomic E-state index is 0.0245. The van der Waals surface area contributed by atoms with Crippen LogP contribution in [-0.2, 0) is 0 Å². The van der Waals surface area contributed by atoms with Crippen molar-refractivity contribution in [1.82, 2.24) is 0 Å². The second kappa shape index (κ2) is 7.66. The SMILES string of the molecule is CCCCCCCNc1cc([N+](=O)[O-])c(F)cc1F. The first-order valence-corrected chi connectivity index (χ1v) is 6.43. The average Bonchev–Trinajstić information content (AvgIpc) is 2.35. The molecular weight excluding hydrogens is 254 g/mol. The second-order valence-corrected chi connectivity index (χ2v) is 4.38. The van der Waals surface area contributed by atoms with E-state index in [0.29, 0.717) is 12.6 Å². The molecule has 1 rings (SSSR count). The summed E-state index contributed by atoms with van der Waals surface area (Å²) in [7, 11) is 0. The number of hydrogen-bond donors (Lipinski definition) is 1. The Kier molecular flexibility index (Phi) is 6.18. The summed E-state index contributed by atoms with van der Waals surface area (Å²) < 4.78 is 26.5. The van der Waals surface area contributed by atoms with Gasteiger partial charge < -0.3 is 5.32 Å². The lowest BCUT2D eigenvalue weighted by Crippen LogP contribution is -2.05. The van der Waals surface area contributed by atoms with Crippen molar-refractivity contribution < 1.29 is 13.7 Å². The molecule has 0 unspecified atom stereocenters. The average molecular weight is 272 g/mol. The van der Waals surface area contributed by atoms with Gasteiger partial charge in [0.15, 0.2) is 0 Å². The fourth-order valence-corrected chi connectivity index (χ4v) is 1.76. The molecule has 1 N–H and O–H groups in total. The van der Waals surface area contributed by atoms with Gasteiger partial charge in [0.1, 0.15) is 5.82 Å². The van der Waals surface area contributed by atoms with E-state index < -0.39 is 22.2 Å². The first-order chi connectivity index (χ1) is 9.06. The van der Waals surface area contributed by atoms with Gasteiger partial charge in [-0.2, -0.15) is 4.39 Å². The topological polar surface area (TPSA) is 55.2 Å². The van der Waals surface area contributed by atoms with Crippen LogP contribution in [0.3, 0.4) is 0 Å². The van der Waals surface area contributed by atoms with Crippen LogP contribution < -0.4 is 5.32 Å². The van der Waals surface area contributed by atoms with Crippen molar-refractivity contribution >= 4 is 11.4 Å². The highest BCUT2D eigenvalue weighted by atomic mass is 19.1. The zero-order chi connectivity index (χ0) is 14.3. The van der Waals surface area contributed by atoms with Gasteiger partial charge in [0.05, 0.1) is 10.6 Å². The van der Waals surface area contributed by atoms with Crippen molar-refractivity contribution in [2.24, 2.45) is 0 Å². The molecule has 0 aromatic heterocycles. The quantitative estimate of drug-likeness (QED) is 0.437. The summed E-state index contributed by atoms with van der Waals surface area (Å²) in [6.45, 7) is 2.63. The molecule has 0 spiro atoms. The molecule has 0 atom stereocenters. The molecule has 0 heterocycles. The highest BCUT2D eigenvalue weighted by molar-refractivity contribution is 5.53. The predicted octanol–water partition coefficient (Wildman–Crippen LogP) is 4.26. The molecule has 0 saturated heterocycles. The fourth-order valence-electron chi connectivity index (χ4n) is 1.76. The van der Waals surface area contributed by atoms with E-state index in [0.717, 1.165) is 38.2 Å². The van der Waals surface area contributed by atoms with Crippen molar-refractivity contribution in [2.75, 3.05) is 11.9 Å². The maximum absolute atomic E-state index is 13.4. The number of nitrogens with one attached hydrogen (secondary N) is 1. The Labute approximate surface area is 111 Å². The van der Waals surface area contributed by atoms with Crippen LogP contribution in [-0.4, -0.2) is 11.5 Å². The Morgan fingerprint density at radius 2 is 1.84 bits per heavy atom. The van der Waals surface area contributed by atoms with Crippen LogP contribution in [0.2, 0.25) is 0 Å². The smallest absolute Gasteiger partial charge is 0.307 e. The Hall–Kier alpha value is -1.72. The van der Waals surface area contributed by atoms with Gasteiger partial charge in [-0.15, -0.1) is 0 Å². The molecule has 0 aliphatic heterocycles. The lowest BCUT2D eigenvalue weighted by Gasteiger charge is -2.07. The Balaban J connectivity index is 2.53. The summed E-state index contributed by atoms with van der Waals surface area (Å²) in [5.74, 6) is -1.97. The Morgan fingerprint density at radius 3 is 2.47 bits per heavy atom. The molecule has 106 valence electrons. The molecule has 4 nitrogen and oxygen atoms in total. The summed E-state index contributed by atoms with van der Waals surface area (Å²) in [5, 5.41) is 13.3. The number of halogens is 2.